The van der Waals surface area contributed by atoms with Gasteiger partial charge in [-0.1, -0.05) is 31.4 Å². The zero-order chi connectivity index (χ0) is 18.5. The third kappa shape index (κ3) is 4.21. The van der Waals surface area contributed by atoms with Crippen molar-refractivity contribution < 1.29 is 14.3 Å². The highest BCUT2D eigenvalue weighted by atomic mass is 16.5. The van der Waals surface area contributed by atoms with E-state index >= 15 is 0 Å². The number of ether oxygens (including phenoxy) is 2. The minimum absolute atomic E-state index is 0.00834. The molecule has 1 saturated heterocycles. The van der Waals surface area contributed by atoms with Gasteiger partial charge in [0.25, 0.3) is 0 Å². The molecule has 1 amide bonds. The lowest BCUT2D eigenvalue weighted by Crippen LogP contribution is -2.57. The van der Waals surface area contributed by atoms with Crippen molar-refractivity contribution in [2.75, 3.05) is 26.4 Å². The normalized spacial score (nSPS) is 21.8. The first kappa shape index (κ1) is 19.2. The van der Waals surface area contributed by atoms with Gasteiger partial charge >= 0.3 is 0 Å². The average molecular weight is 360 g/mol. The minimum atomic E-state index is -0.691. The van der Waals surface area contributed by atoms with Gasteiger partial charge in [-0.25, -0.2) is 0 Å². The van der Waals surface area contributed by atoms with Crippen molar-refractivity contribution in [3.8, 4) is 5.75 Å². The third-order valence-electron chi connectivity index (χ3n) is 6.01. The molecule has 1 saturated carbocycles. The third-order valence-corrected chi connectivity index (χ3v) is 6.01. The molecule has 2 aliphatic rings. The number of amides is 1. The molecule has 3 N–H and O–H groups in total. The Morgan fingerprint density at radius 1 is 1.12 bits per heavy atom. The highest BCUT2D eigenvalue weighted by molar-refractivity contribution is 5.86. The molecule has 144 valence electrons. The standard InChI is InChI=1S/C21H32N2O3/c1-2-26-18-8-6-17(7-9-18)20(12-14-25-15-13-20)16-23-19(24)21(22)10-4-3-5-11-21/h6-9H,2-5,10-16,22H2,1H3,(H,23,24). The summed E-state index contributed by atoms with van der Waals surface area (Å²) in [6, 6.07) is 8.29. The first-order valence-electron chi connectivity index (χ1n) is 9.96. The Labute approximate surface area is 156 Å². The van der Waals surface area contributed by atoms with Crippen LogP contribution in [0.25, 0.3) is 0 Å². The second kappa shape index (κ2) is 8.40. The molecule has 0 radical (unpaired) electrons. The summed E-state index contributed by atoms with van der Waals surface area (Å²) in [5.74, 6) is 0.889. The van der Waals surface area contributed by atoms with Gasteiger partial charge in [0.15, 0.2) is 0 Å². The minimum Gasteiger partial charge on any atom is -0.494 e. The number of hydrogen-bond acceptors (Lipinski definition) is 4. The lowest BCUT2D eigenvalue weighted by molar-refractivity contribution is -0.128. The van der Waals surface area contributed by atoms with Crippen LogP contribution in [0.15, 0.2) is 24.3 Å². The van der Waals surface area contributed by atoms with E-state index in [1.54, 1.807) is 0 Å². The summed E-state index contributed by atoms with van der Waals surface area (Å²) in [6.07, 6.45) is 6.65. The van der Waals surface area contributed by atoms with Crippen LogP contribution in [0, 0.1) is 0 Å². The maximum absolute atomic E-state index is 12.8. The molecule has 1 aliphatic heterocycles. The fourth-order valence-corrected chi connectivity index (χ4v) is 4.24. The summed E-state index contributed by atoms with van der Waals surface area (Å²) in [6.45, 7) is 4.69. The van der Waals surface area contributed by atoms with Gasteiger partial charge in [-0.05, 0) is 50.3 Å². The second-order valence-corrected chi connectivity index (χ2v) is 7.75. The first-order valence-corrected chi connectivity index (χ1v) is 9.96. The number of nitrogens with two attached hydrogens (primary N) is 1. The molecule has 1 aliphatic carbocycles. The highest BCUT2D eigenvalue weighted by Crippen LogP contribution is 2.35. The van der Waals surface area contributed by atoms with Crippen LogP contribution in [-0.2, 0) is 14.9 Å². The number of carbonyl (C=O) groups is 1. The van der Waals surface area contributed by atoms with Crippen molar-refractivity contribution in [3.63, 3.8) is 0 Å². The van der Waals surface area contributed by atoms with Gasteiger partial charge < -0.3 is 20.5 Å². The largest absolute Gasteiger partial charge is 0.494 e. The molecule has 0 aromatic heterocycles. The van der Waals surface area contributed by atoms with Crippen molar-refractivity contribution in [1.29, 1.82) is 0 Å². The molecular formula is C21H32N2O3. The molecule has 26 heavy (non-hydrogen) atoms. The molecule has 0 bridgehead atoms. The molecule has 0 spiro atoms. The van der Waals surface area contributed by atoms with Crippen molar-refractivity contribution >= 4 is 5.91 Å². The SMILES string of the molecule is CCOc1ccc(C2(CNC(=O)C3(N)CCCCC3)CCOCC2)cc1. The summed E-state index contributed by atoms with van der Waals surface area (Å²) in [5, 5.41) is 3.19. The van der Waals surface area contributed by atoms with Gasteiger partial charge in [0.1, 0.15) is 5.75 Å². The van der Waals surface area contributed by atoms with Gasteiger partial charge in [-0.2, -0.15) is 0 Å². The molecule has 5 heteroatoms. The van der Waals surface area contributed by atoms with Crippen LogP contribution in [-0.4, -0.2) is 37.8 Å². The lowest BCUT2D eigenvalue weighted by Gasteiger charge is -2.39. The Hall–Kier alpha value is -1.59. The van der Waals surface area contributed by atoms with Gasteiger partial charge in [0.05, 0.1) is 12.1 Å². The van der Waals surface area contributed by atoms with Gasteiger partial charge in [0, 0.05) is 25.2 Å². The van der Waals surface area contributed by atoms with Crippen molar-refractivity contribution in [2.45, 2.75) is 62.8 Å². The zero-order valence-corrected chi connectivity index (χ0v) is 15.9. The Morgan fingerprint density at radius 2 is 1.77 bits per heavy atom. The van der Waals surface area contributed by atoms with E-state index in [4.69, 9.17) is 15.2 Å². The summed E-state index contributed by atoms with van der Waals surface area (Å²) in [7, 11) is 0. The van der Waals surface area contributed by atoms with Crippen LogP contribution in [0.2, 0.25) is 0 Å². The topological polar surface area (TPSA) is 73.6 Å². The predicted molar refractivity (Wildman–Crippen MR) is 102 cm³/mol. The van der Waals surface area contributed by atoms with Crippen LogP contribution in [0.3, 0.4) is 0 Å². The first-order chi connectivity index (χ1) is 12.6. The van der Waals surface area contributed by atoms with E-state index in [-0.39, 0.29) is 11.3 Å². The molecule has 2 fully saturated rings. The van der Waals surface area contributed by atoms with E-state index in [1.165, 1.54) is 12.0 Å². The fraction of sp³-hybridized carbons (Fsp3) is 0.667. The Bertz CT molecular complexity index is 588. The Balaban J connectivity index is 1.72. The maximum atomic E-state index is 12.8. The van der Waals surface area contributed by atoms with Crippen molar-refractivity contribution in [3.05, 3.63) is 29.8 Å². The smallest absolute Gasteiger partial charge is 0.240 e. The number of rotatable bonds is 6. The van der Waals surface area contributed by atoms with Gasteiger partial charge in [-0.15, -0.1) is 0 Å². The predicted octanol–water partition coefficient (Wildman–Crippen LogP) is 2.91. The summed E-state index contributed by atoms with van der Waals surface area (Å²) in [5.41, 5.74) is 6.85. The van der Waals surface area contributed by atoms with E-state index in [0.29, 0.717) is 13.2 Å². The summed E-state index contributed by atoms with van der Waals surface area (Å²) >= 11 is 0. The number of carbonyl (C=O) groups excluding carboxylic acids is 1. The van der Waals surface area contributed by atoms with Crippen molar-refractivity contribution in [1.82, 2.24) is 5.32 Å². The molecule has 0 unspecified atom stereocenters. The maximum Gasteiger partial charge on any atom is 0.240 e. The van der Waals surface area contributed by atoms with Gasteiger partial charge in [0.2, 0.25) is 5.91 Å². The zero-order valence-electron chi connectivity index (χ0n) is 15.9. The second-order valence-electron chi connectivity index (χ2n) is 7.75. The van der Waals surface area contributed by atoms with E-state index in [0.717, 1.165) is 57.5 Å². The molecule has 1 aromatic carbocycles. The van der Waals surface area contributed by atoms with Crippen LogP contribution in [0.1, 0.15) is 57.4 Å². The average Bonchev–Trinajstić information content (AvgIpc) is 2.68. The molecular weight excluding hydrogens is 328 g/mol. The molecule has 1 heterocycles. The lowest BCUT2D eigenvalue weighted by atomic mass is 9.73. The number of nitrogens with one attached hydrogen (secondary N) is 1. The monoisotopic (exact) mass is 360 g/mol. The number of benzene rings is 1. The van der Waals surface area contributed by atoms with E-state index in [1.807, 2.05) is 19.1 Å². The molecule has 5 nitrogen and oxygen atoms in total. The molecule has 1 aromatic rings. The van der Waals surface area contributed by atoms with Crippen LogP contribution < -0.4 is 15.8 Å². The molecule has 3 rings (SSSR count). The quantitative estimate of drug-likeness (QED) is 0.818. The van der Waals surface area contributed by atoms with E-state index in [9.17, 15) is 4.79 Å². The van der Waals surface area contributed by atoms with Crippen LogP contribution in [0.5, 0.6) is 5.75 Å². The van der Waals surface area contributed by atoms with E-state index < -0.39 is 5.54 Å². The van der Waals surface area contributed by atoms with Crippen LogP contribution in [0.4, 0.5) is 0 Å². The Morgan fingerprint density at radius 3 is 2.38 bits per heavy atom. The van der Waals surface area contributed by atoms with Crippen molar-refractivity contribution in [2.24, 2.45) is 5.73 Å². The van der Waals surface area contributed by atoms with Crippen LogP contribution >= 0.6 is 0 Å². The fourth-order valence-electron chi connectivity index (χ4n) is 4.24. The Kier molecular flexibility index (Phi) is 6.20. The summed E-state index contributed by atoms with van der Waals surface area (Å²) in [4.78, 5) is 12.8. The summed E-state index contributed by atoms with van der Waals surface area (Å²) < 4.78 is 11.2. The van der Waals surface area contributed by atoms with E-state index in [2.05, 4.69) is 17.4 Å². The van der Waals surface area contributed by atoms with Gasteiger partial charge in [-0.3, -0.25) is 4.79 Å². The highest BCUT2D eigenvalue weighted by Gasteiger charge is 2.39. The molecule has 0 atom stereocenters. The number of hydrogen-bond donors (Lipinski definition) is 2.